The van der Waals surface area contributed by atoms with E-state index in [-0.39, 0.29) is 5.91 Å². The van der Waals surface area contributed by atoms with Crippen LogP contribution in [-0.2, 0) is 6.42 Å². The van der Waals surface area contributed by atoms with Crippen molar-refractivity contribution in [3.8, 4) is 0 Å². The number of nitrogens with zero attached hydrogens (tertiary/aromatic N) is 1. The lowest BCUT2D eigenvalue weighted by molar-refractivity contribution is 0.0952. The lowest BCUT2D eigenvalue weighted by atomic mass is 10.1. The van der Waals surface area contributed by atoms with Gasteiger partial charge in [0, 0.05) is 12.2 Å². The maximum Gasteiger partial charge on any atom is 0.255 e. The van der Waals surface area contributed by atoms with Crippen LogP contribution in [0.25, 0.3) is 0 Å². The first-order chi connectivity index (χ1) is 9.18. The molecule has 1 aromatic heterocycles. The van der Waals surface area contributed by atoms with Crippen molar-refractivity contribution in [3.63, 3.8) is 0 Å². The first kappa shape index (κ1) is 13.3. The van der Waals surface area contributed by atoms with Gasteiger partial charge in [0.05, 0.1) is 11.3 Å². The van der Waals surface area contributed by atoms with Crippen LogP contribution in [0, 0.1) is 13.8 Å². The minimum Gasteiger partial charge on any atom is -0.352 e. The molecule has 0 unspecified atom stereocenters. The van der Waals surface area contributed by atoms with Crippen molar-refractivity contribution < 1.29 is 4.79 Å². The molecule has 0 radical (unpaired) electrons. The molecule has 1 aromatic carbocycles. The third-order valence-electron chi connectivity index (χ3n) is 3.13. The van der Waals surface area contributed by atoms with Gasteiger partial charge in [-0.15, -0.1) is 0 Å². The Morgan fingerprint density at radius 3 is 2.63 bits per heavy atom. The van der Waals surface area contributed by atoms with E-state index in [4.69, 9.17) is 0 Å². The molecule has 1 amide bonds. The highest BCUT2D eigenvalue weighted by Crippen LogP contribution is 2.08. The van der Waals surface area contributed by atoms with Gasteiger partial charge < -0.3 is 5.32 Å². The van der Waals surface area contributed by atoms with Crippen molar-refractivity contribution in [1.82, 2.24) is 15.5 Å². The molecule has 2 rings (SSSR count). The van der Waals surface area contributed by atoms with Gasteiger partial charge in [-0.05, 0) is 32.3 Å². The molecule has 19 heavy (non-hydrogen) atoms. The molecule has 0 fully saturated rings. The van der Waals surface area contributed by atoms with Crippen molar-refractivity contribution in [2.75, 3.05) is 6.54 Å². The lowest BCUT2D eigenvalue weighted by Gasteiger charge is -2.05. The normalized spacial score (nSPS) is 10.4. The molecule has 2 aromatic rings. The third-order valence-corrected chi connectivity index (χ3v) is 3.13. The number of benzene rings is 1. The van der Waals surface area contributed by atoms with E-state index < -0.39 is 0 Å². The minimum atomic E-state index is -0.0446. The van der Waals surface area contributed by atoms with Crippen LogP contribution in [0.1, 0.15) is 33.7 Å². The second-order valence-corrected chi connectivity index (χ2v) is 4.65. The summed E-state index contributed by atoms with van der Waals surface area (Å²) in [5.41, 5.74) is 3.53. The van der Waals surface area contributed by atoms with Crippen LogP contribution in [-0.4, -0.2) is 22.6 Å². The number of hydrogen-bond donors (Lipinski definition) is 2. The zero-order chi connectivity index (χ0) is 13.7. The maximum absolute atomic E-state index is 12.0. The maximum atomic E-state index is 12.0. The summed E-state index contributed by atoms with van der Waals surface area (Å²) in [6.45, 7) is 4.37. The molecule has 1 heterocycles. The predicted molar refractivity (Wildman–Crippen MR) is 75.2 cm³/mol. The van der Waals surface area contributed by atoms with E-state index in [0.717, 1.165) is 24.2 Å². The van der Waals surface area contributed by atoms with Crippen molar-refractivity contribution in [2.24, 2.45) is 0 Å². The molecule has 0 bridgehead atoms. The second kappa shape index (κ2) is 6.18. The van der Waals surface area contributed by atoms with Crippen LogP contribution in [0.3, 0.4) is 0 Å². The van der Waals surface area contributed by atoms with Gasteiger partial charge in [-0.2, -0.15) is 5.10 Å². The smallest absolute Gasteiger partial charge is 0.255 e. The van der Waals surface area contributed by atoms with E-state index >= 15 is 0 Å². The average molecular weight is 257 g/mol. The molecule has 2 N–H and O–H groups in total. The van der Waals surface area contributed by atoms with Crippen LogP contribution in [0.5, 0.6) is 0 Å². The van der Waals surface area contributed by atoms with E-state index in [1.807, 2.05) is 32.0 Å². The SMILES string of the molecule is Cc1n[nH]c(C)c1C(=O)NCCCc1ccccc1. The summed E-state index contributed by atoms with van der Waals surface area (Å²) < 4.78 is 0. The van der Waals surface area contributed by atoms with Gasteiger partial charge in [-0.3, -0.25) is 9.89 Å². The molecule has 4 heteroatoms. The van der Waals surface area contributed by atoms with Gasteiger partial charge in [0.2, 0.25) is 0 Å². The van der Waals surface area contributed by atoms with Crippen LogP contribution in [0.4, 0.5) is 0 Å². The molecule has 4 nitrogen and oxygen atoms in total. The lowest BCUT2D eigenvalue weighted by Crippen LogP contribution is -2.25. The largest absolute Gasteiger partial charge is 0.352 e. The number of carbonyl (C=O) groups excluding carboxylic acids is 1. The Morgan fingerprint density at radius 2 is 2.00 bits per heavy atom. The Morgan fingerprint density at radius 1 is 1.26 bits per heavy atom. The predicted octanol–water partition coefficient (Wildman–Crippen LogP) is 2.39. The highest BCUT2D eigenvalue weighted by atomic mass is 16.1. The highest BCUT2D eigenvalue weighted by molar-refractivity contribution is 5.96. The van der Waals surface area contributed by atoms with Crippen LogP contribution < -0.4 is 5.32 Å². The van der Waals surface area contributed by atoms with Gasteiger partial charge in [0.25, 0.3) is 5.91 Å². The fraction of sp³-hybridized carbons (Fsp3) is 0.333. The first-order valence-electron chi connectivity index (χ1n) is 6.52. The number of rotatable bonds is 5. The summed E-state index contributed by atoms with van der Waals surface area (Å²) in [6, 6.07) is 10.3. The number of H-pyrrole nitrogens is 1. The van der Waals surface area contributed by atoms with Crippen molar-refractivity contribution >= 4 is 5.91 Å². The number of aromatic nitrogens is 2. The van der Waals surface area contributed by atoms with Crippen molar-refractivity contribution in [3.05, 3.63) is 52.8 Å². The second-order valence-electron chi connectivity index (χ2n) is 4.65. The summed E-state index contributed by atoms with van der Waals surface area (Å²) in [5.74, 6) is -0.0446. The summed E-state index contributed by atoms with van der Waals surface area (Å²) in [7, 11) is 0. The van der Waals surface area contributed by atoms with E-state index in [0.29, 0.717) is 12.1 Å². The van der Waals surface area contributed by atoms with Crippen LogP contribution in [0.2, 0.25) is 0 Å². The molecule has 0 atom stereocenters. The van der Waals surface area contributed by atoms with Crippen molar-refractivity contribution in [1.29, 1.82) is 0 Å². The molecule has 0 spiro atoms. The number of amides is 1. The molecule has 0 saturated heterocycles. The fourth-order valence-corrected chi connectivity index (χ4v) is 2.11. The molecule has 0 aliphatic heterocycles. The Labute approximate surface area is 113 Å². The average Bonchev–Trinajstić information content (AvgIpc) is 2.75. The van der Waals surface area contributed by atoms with E-state index in [9.17, 15) is 4.79 Å². The molecule has 0 aliphatic carbocycles. The molecular weight excluding hydrogens is 238 g/mol. The zero-order valence-electron chi connectivity index (χ0n) is 11.4. The highest BCUT2D eigenvalue weighted by Gasteiger charge is 2.14. The monoisotopic (exact) mass is 257 g/mol. The third kappa shape index (κ3) is 3.44. The van der Waals surface area contributed by atoms with Gasteiger partial charge in [-0.1, -0.05) is 30.3 Å². The van der Waals surface area contributed by atoms with E-state index in [2.05, 4.69) is 27.6 Å². The molecule has 0 aliphatic rings. The number of hydrogen-bond acceptors (Lipinski definition) is 2. The quantitative estimate of drug-likeness (QED) is 0.808. The number of aromatic amines is 1. The molecular formula is C15H19N3O. The minimum absolute atomic E-state index is 0.0446. The summed E-state index contributed by atoms with van der Waals surface area (Å²) in [5, 5.41) is 9.79. The Hall–Kier alpha value is -2.10. The number of carbonyl (C=O) groups is 1. The van der Waals surface area contributed by atoms with E-state index in [1.54, 1.807) is 0 Å². The van der Waals surface area contributed by atoms with Crippen molar-refractivity contribution in [2.45, 2.75) is 26.7 Å². The number of aryl methyl sites for hydroxylation is 3. The molecule has 0 saturated carbocycles. The summed E-state index contributed by atoms with van der Waals surface area (Å²) in [6.07, 6.45) is 1.91. The Kier molecular flexibility index (Phi) is 4.34. The van der Waals surface area contributed by atoms with Crippen LogP contribution in [0.15, 0.2) is 30.3 Å². The van der Waals surface area contributed by atoms with Gasteiger partial charge >= 0.3 is 0 Å². The first-order valence-corrected chi connectivity index (χ1v) is 6.52. The van der Waals surface area contributed by atoms with Gasteiger partial charge in [-0.25, -0.2) is 0 Å². The summed E-state index contributed by atoms with van der Waals surface area (Å²) >= 11 is 0. The standard InChI is InChI=1S/C15H19N3O/c1-11-14(12(2)18-17-11)15(19)16-10-6-9-13-7-4-3-5-8-13/h3-5,7-8H,6,9-10H2,1-2H3,(H,16,19)(H,17,18). The van der Waals surface area contributed by atoms with Gasteiger partial charge in [0.1, 0.15) is 0 Å². The Bertz CT molecular complexity index is 526. The van der Waals surface area contributed by atoms with E-state index in [1.165, 1.54) is 5.56 Å². The topological polar surface area (TPSA) is 57.8 Å². The molecule has 100 valence electrons. The van der Waals surface area contributed by atoms with Crippen LogP contribution >= 0.6 is 0 Å². The summed E-state index contributed by atoms with van der Waals surface area (Å²) in [4.78, 5) is 12.0. The van der Waals surface area contributed by atoms with Gasteiger partial charge in [0.15, 0.2) is 0 Å². The number of nitrogens with one attached hydrogen (secondary N) is 2. The Balaban J connectivity index is 1.79. The zero-order valence-corrected chi connectivity index (χ0v) is 11.4. The fourth-order valence-electron chi connectivity index (χ4n) is 2.11.